The lowest BCUT2D eigenvalue weighted by Gasteiger charge is -2.05. The summed E-state index contributed by atoms with van der Waals surface area (Å²) in [6, 6.07) is 9.83. The fraction of sp³-hybridized carbons (Fsp3) is 0.133. The van der Waals surface area contributed by atoms with E-state index in [4.69, 9.17) is 4.42 Å². The highest BCUT2D eigenvalue weighted by Crippen LogP contribution is 2.27. The average Bonchev–Trinajstić information content (AvgIpc) is 3.18. The predicted octanol–water partition coefficient (Wildman–Crippen LogP) is 2.35. The van der Waals surface area contributed by atoms with E-state index >= 15 is 0 Å². The van der Waals surface area contributed by atoms with Crippen LogP contribution in [0.5, 0.6) is 0 Å². The molecular formula is C15H12N4O4S. The number of hydrogen-bond donors (Lipinski definition) is 1. The molecular weight excluding hydrogens is 332 g/mol. The van der Waals surface area contributed by atoms with Crippen LogP contribution in [0.2, 0.25) is 0 Å². The van der Waals surface area contributed by atoms with Gasteiger partial charge in [-0.2, -0.15) is 5.10 Å². The number of nitrogens with zero attached hydrogens (tertiary/aromatic N) is 3. The van der Waals surface area contributed by atoms with Crippen molar-refractivity contribution in [2.24, 2.45) is 10.2 Å². The molecule has 0 radical (unpaired) electrons. The second-order valence-corrected chi connectivity index (χ2v) is 6.04. The summed E-state index contributed by atoms with van der Waals surface area (Å²) in [6.45, 7) is 0. The summed E-state index contributed by atoms with van der Waals surface area (Å²) in [5, 5.41) is 21.3. The first-order valence-corrected chi connectivity index (χ1v) is 7.86. The molecule has 9 heteroatoms. The lowest BCUT2D eigenvalue weighted by atomic mass is 10.1. The smallest absolute Gasteiger partial charge is 0.272 e. The Labute approximate surface area is 140 Å². The van der Waals surface area contributed by atoms with Crippen molar-refractivity contribution in [2.75, 3.05) is 0 Å². The van der Waals surface area contributed by atoms with Crippen molar-refractivity contribution in [1.29, 1.82) is 0 Å². The molecule has 24 heavy (non-hydrogen) atoms. The van der Waals surface area contributed by atoms with Gasteiger partial charge in [-0.25, -0.2) is 0 Å². The number of para-hydroxylation sites is 1. The van der Waals surface area contributed by atoms with Crippen molar-refractivity contribution in [3.05, 3.63) is 64.1 Å². The van der Waals surface area contributed by atoms with Crippen LogP contribution >= 0.6 is 11.8 Å². The molecule has 1 fully saturated rings. The molecule has 1 unspecified atom stereocenters. The number of nitrogens with one attached hydrogen (secondary N) is 1. The largest absolute Gasteiger partial charge is 0.463 e. The maximum absolute atomic E-state index is 12.0. The second-order valence-electron chi connectivity index (χ2n) is 4.85. The minimum atomic E-state index is -0.483. The van der Waals surface area contributed by atoms with Gasteiger partial charge in [0.1, 0.15) is 5.76 Å². The fourth-order valence-electron chi connectivity index (χ4n) is 2.15. The van der Waals surface area contributed by atoms with Gasteiger partial charge in [-0.1, -0.05) is 30.0 Å². The van der Waals surface area contributed by atoms with Gasteiger partial charge in [0.05, 0.1) is 22.7 Å². The highest BCUT2D eigenvalue weighted by Gasteiger charge is 2.32. The van der Waals surface area contributed by atoms with E-state index in [9.17, 15) is 14.9 Å². The Hall–Kier alpha value is -2.94. The number of benzene rings is 1. The van der Waals surface area contributed by atoms with Crippen LogP contribution in [-0.4, -0.2) is 27.5 Å². The molecule has 0 saturated carbocycles. The standard InChI is InChI=1S/C15H12N4O4S/c20-14-13(8-10-4-1-2-6-12(10)19(21)22)24-15(17-14)18-16-9-11-5-3-7-23-11/h1-7,9,13H,8H2,(H,17,18,20). The van der Waals surface area contributed by atoms with E-state index in [1.165, 1.54) is 30.3 Å². The summed E-state index contributed by atoms with van der Waals surface area (Å²) in [4.78, 5) is 22.6. The Balaban J connectivity index is 1.68. The first-order valence-electron chi connectivity index (χ1n) is 6.98. The van der Waals surface area contributed by atoms with E-state index in [1.54, 1.807) is 30.3 Å². The van der Waals surface area contributed by atoms with Gasteiger partial charge >= 0.3 is 0 Å². The number of furan rings is 1. The number of carbonyl (C=O) groups excluding carboxylic acids is 1. The molecule has 1 aliphatic heterocycles. The number of amidine groups is 1. The van der Waals surface area contributed by atoms with Crippen LogP contribution in [-0.2, 0) is 11.2 Å². The Morgan fingerprint density at radius 3 is 2.92 bits per heavy atom. The molecule has 1 saturated heterocycles. The minimum absolute atomic E-state index is 0.00660. The molecule has 1 aromatic carbocycles. The van der Waals surface area contributed by atoms with E-state index in [2.05, 4.69) is 15.5 Å². The lowest BCUT2D eigenvalue weighted by molar-refractivity contribution is -0.385. The summed E-state index contributed by atoms with van der Waals surface area (Å²) < 4.78 is 5.08. The molecule has 8 nitrogen and oxygen atoms in total. The number of rotatable bonds is 5. The quantitative estimate of drug-likeness (QED) is 0.508. The van der Waals surface area contributed by atoms with Crippen LogP contribution in [0.4, 0.5) is 5.69 Å². The van der Waals surface area contributed by atoms with E-state index in [0.29, 0.717) is 16.5 Å². The number of amides is 1. The minimum Gasteiger partial charge on any atom is -0.463 e. The Bertz CT molecular complexity index is 817. The second kappa shape index (κ2) is 7.09. The van der Waals surface area contributed by atoms with Crippen molar-refractivity contribution < 1.29 is 14.1 Å². The molecule has 0 bridgehead atoms. The van der Waals surface area contributed by atoms with E-state index < -0.39 is 10.2 Å². The normalized spacial score (nSPS) is 19.1. The predicted molar refractivity (Wildman–Crippen MR) is 90.1 cm³/mol. The summed E-state index contributed by atoms with van der Waals surface area (Å²) in [5.74, 6) is 0.301. The fourth-order valence-corrected chi connectivity index (χ4v) is 3.10. The highest BCUT2D eigenvalue weighted by atomic mass is 32.2. The van der Waals surface area contributed by atoms with Gasteiger partial charge in [0.2, 0.25) is 5.91 Å². The molecule has 1 N–H and O–H groups in total. The number of nitro benzene ring substituents is 1. The summed E-state index contributed by atoms with van der Waals surface area (Å²) in [7, 11) is 0. The number of nitro groups is 1. The molecule has 2 heterocycles. The Morgan fingerprint density at radius 2 is 2.17 bits per heavy atom. The summed E-state index contributed by atoms with van der Waals surface area (Å²) in [5.41, 5.74) is 0.516. The number of carbonyl (C=O) groups is 1. The van der Waals surface area contributed by atoms with E-state index in [-0.39, 0.29) is 18.0 Å². The van der Waals surface area contributed by atoms with Crippen molar-refractivity contribution in [1.82, 2.24) is 5.32 Å². The van der Waals surface area contributed by atoms with Crippen molar-refractivity contribution in [3.8, 4) is 0 Å². The number of thioether (sulfide) groups is 1. The molecule has 3 rings (SSSR count). The van der Waals surface area contributed by atoms with Crippen molar-refractivity contribution >= 4 is 34.7 Å². The SMILES string of the molecule is O=C1N/C(=N\N=Cc2ccco2)SC1Cc1ccccc1[N+](=O)[O-]. The first kappa shape index (κ1) is 15.9. The van der Waals surface area contributed by atoms with E-state index in [1.807, 2.05) is 0 Å². The molecule has 2 aromatic rings. The lowest BCUT2D eigenvalue weighted by Crippen LogP contribution is -2.26. The summed E-state index contributed by atoms with van der Waals surface area (Å²) >= 11 is 1.19. The molecule has 0 aliphatic carbocycles. The molecule has 0 spiro atoms. The van der Waals surface area contributed by atoms with Gasteiger partial charge in [0.25, 0.3) is 5.69 Å². The van der Waals surface area contributed by atoms with Gasteiger partial charge in [-0.15, -0.1) is 5.10 Å². The third-order valence-electron chi connectivity index (χ3n) is 3.25. The molecule has 1 atom stereocenters. The third kappa shape index (κ3) is 3.69. The van der Waals surface area contributed by atoms with Gasteiger partial charge in [0, 0.05) is 18.1 Å². The molecule has 1 amide bonds. The van der Waals surface area contributed by atoms with Crippen LogP contribution in [0.3, 0.4) is 0 Å². The van der Waals surface area contributed by atoms with Gasteiger partial charge < -0.3 is 9.73 Å². The maximum Gasteiger partial charge on any atom is 0.272 e. The van der Waals surface area contributed by atoms with Crippen LogP contribution < -0.4 is 5.32 Å². The van der Waals surface area contributed by atoms with Crippen molar-refractivity contribution in [3.63, 3.8) is 0 Å². The monoisotopic (exact) mass is 344 g/mol. The van der Waals surface area contributed by atoms with Crippen LogP contribution in [0.15, 0.2) is 57.3 Å². The van der Waals surface area contributed by atoms with Gasteiger partial charge in [-0.3, -0.25) is 14.9 Å². The zero-order valence-corrected chi connectivity index (χ0v) is 13.1. The average molecular weight is 344 g/mol. The van der Waals surface area contributed by atoms with E-state index in [0.717, 1.165) is 0 Å². The molecule has 122 valence electrons. The Kier molecular flexibility index (Phi) is 4.71. The van der Waals surface area contributed by atoms with Gasteiger partial charge in [0.15, 0.2) is 5.17 Å². The Morgan fingerprint density at radius 1 is 1.33 bits per heavy atom. The zero-order chi connectivity index (χ0) is 16.9. The molecule has 1 aliphatic rings. The third-order valence-corrected chi connectivity index (χ3v) is 4.32. The van der Waals surface area contributed by atoms with Gasteiger partial charge in [-0.05, 0) is 12.1 Å². The molecule has 1 aromatic heterocycles. The highest BCUT2D eigenvalue weighted by molar-refractivity contribution is 8.15. The van der Waals surface area contributed by atoms with Crippen molar-refractivity contribution in [2.45, 2.75) is 11.7 Å². The number of hydrogen-bond acceptors (Lipinski definition) is 7. The maximum atomic E-state index is 12.0. The van der Waals surface area contributed by atoms with Crippen LogP contribution in [0.1, 0.15) is 11.3 Å². The van der Waals surface area contributed by atoms with Crippen LogP contribution in [0, 0.1) is 10.1 Å². The topological polar surface area (TPSA) is 110 Å². The van der Waals surface area contributed by atoms with Crippen LogP contribution in [0.25, 0.3) is 0 Å². The zero-order valence-electron chi connectivity index (χ0n) is 12.3. The first-order chi connectivity index (χ1) is 11.6. The summed E-state index contributed by atoms with van der Waals surface area (Å²) in [6.07, 6.45) is 3.19.